The highest BCUT2D eigenvalue weighted by atomic mass is 19.1. The number of benzene rings is 1. The van der Waals surface area contributed by atoms with Gasteiger partial charge in [0.1, 0.15) is 11.6 Å². The second-order valence-electron chi connectivity index (χ2n) is 5.86. The molecule has 1 heterocycles. The van der Waals surface area contributed by atoms with E-state index in [4.69, 9.17) is 0 Å². The van der Waals surface area contributed by atoms with E-state index in [1.807, 2.05) is 0 Å². The van der Waals surface area contributed by atoms with Crippen molar-refractivity contribution in [2.75, 3.05) is 6.54 Å². The van der Waals surface area contributed by atoms with Crippen LogP contribution in [0.15, 0.2) is 35.1 Å². The van der Waals surface area contributed by atoms with Crippen molar-refractivity contribution in [2.24, 2.45) is 0 Å². The van der Waals surface area contributed by atoms with Crippen molar-refractivity contribution in [3.05, 3.63) is 63.6 Å². The lowest BCUT2D eigenvalue weighted by atomic mass is 10.1. The first-order valence-corrected chi connectivity index (χ1v) is 7.81. The zero-order valence-corrected chi connectivity index (χ0v) is 13.0. The molecule has 1 N–H and O–H groups in total. The maximum atomic E-state index is 13.5. The third-order valence-corrected chi connectivity index (χ3v) is 3.89. The van der Waals surface area contributed by atoms with E-state index >= 15 is 0 Å². The van der Waals surface area contributed by atoms with Gasteiger partial charge >= 0.3 is 0 Å². The molecule has 1 aromatic heterocycles. The molecule has 3 rings (SSSR count). The summed E-state index contributed by atoms with van der Waals surface area (Å²) in [5, 5.41) is 6.90. The van der Waals surface area contributed by atoms with Gasteiger partial charge < -0.3 is 5.32 Å². The third-order valence-electron chi connectivity index (χ3n) is 3.89. The molecule has 0 bridgehead atoms. The molecule has 7 heteroatoms. The summed E-state index contributed by atoms with van der Waals surface area (Å²) in [5.74, 6) is -1.39. The highest BCUT2D eigenvalue weighted by Gasteiger charge is 2.25. The average molecular weight is 333 g/mol. The SMILES string of the molecule is O=C(Cc1ccc(F)cc1F)NCCn1nc(C2CC2)ccc1=O. The van der Waals surface area contributed by atoms with Crippen molar-refractivity contribution in [1.29, 1.82) is 0 Å². The van der Waals surface area contributed by atoms with Gasteiger partial charge in [0, 0.05) is 24.6 Å². The maximum Gasteiger partial charge on any atom is 0.266 e. The van der Waals surface area contributed by atoms with Crippen LogP contribution in [0.2, 0.25) is 0 Å². The zero-order chi connectivity index (χ0) is 17.1. The monoisotopic (exact) mass is 333 g/mol. The number of hydrogen-bond donors (Lipinski definition) is 1. The molecule has 1 aromatic carbocycles. The van der Waals surface area contributed by atoms with Crippen LogP contribution in [0.5, 0.6) is 0 Å². The van der Waals surface area contributed by atoms with Gasteiger partial charge in [-0.15, -0.1) is 0 Å². The third kappa shape index (κ3) is 4.04. The van der Waals surface area contributed by atoms with Crippen molar-refractivity contribution in [1.82, 2.24) is 15.1 Å². The van der Waals surface area contributed by atoms with Gasteiger partial charge in [0.05, 0.1) is 18.7 Å². The summed E-state index contributed by atoms with van der Waals surface area (Å²) in [6, 6.07) is 6.33. The number of amides is 1. The number of aromatic nitrogens is 2. The zero-order valence-electron chi connectivity index (χ0n) is 13.0. The molecule has 5 nitrogen and oxygen atoms in total. The summed E-state index contributed by atoms with van der Waals surface area (Å²) in [5.41, 5.74) is 0.799. The number of hydrogen-bond acceptors (Lipinski definition) is 3. The molecule has 1 fully saturated rings. The number of rotatable bonds is 6. The van der Waals surface area contributed by atoms with Gasteiger partial charge in [-0.2, -0.15) is 5.10 Å². The number of nitrogens with zero attached hydrogens (tertiary/aromatic N) is 2. The van der Waals surface area contributed by atoms with Crippen LogP contribution in [0.1, 0.15) is 30.0 Å². The molecule has 0 saturated heterocycles. The summed E-state index contributed by atoms with van der Waals surface area (Å²) in [7, 11) is 0. The van der Waals surface area contributed by atoms with Crippen LogP contribution in [0.4, 0.5) is 8.78 Å². The average Bonchev–Trinajstić information content (AvgIpc) is 3.37. The molecule has 0 atom stereocenters. The number of nitrogens with one attached hydrogen (secondary N) is 1. The largest absolute Gasteiger partial charge is 0.354 e. The smallest absolute Gasteiger partial charge is 0.266 e. The molecule has 24 heavy (non-hydrogen) atoms. The Labute approximate surface area is 137 Å². The van der Waals surface area contributed by atoms with Crippen LogP contribution >= 0.6 is 0 Å². The minimum absolute atomic E-state index is 0.125. The topological polar surface area (TPSA) is 64.0 Å². The fraction of sp³-hybridized carbons (Fsp3) is 0.353. The Morgan fingerprint density at radius 3 is 2.75 bits per heavy atom. The Bertz CT molecular complexity index is 816. The van der Waals surface area contributed by atoms with Gasteiger partial charge in [-0.1, -0.05) is 6.07 Å². The molecule has 0 radical (unpaired) electrons. The van der Waals surface area contributed by atoms with Crippen LogP contribution in [0.25, 0.3) is 0 Å². The lowest BCUT2D eigenvalue weighted by molar-refractivity contribution is -0.120. The standard InChI is InChI=1S/C17H17F2N3O2/c18-13-4-3-12(14(19)10-13)9-16(23)20-7-8-22-17(24)6-5-15(21-22)11-1-2-11/h3-6,10-11H,1-2,7-9H2,(H,20,23). The van der Waals surface area contributed by atoms with Gasteiger partial charge in [0.2, 0.25) is 5.91 Å². The number of carbonyl (C=O) groups is 1. The minimum Gasteiger partial charge on any atom is -0.354 e. The molecule has 1 amide bonds. The first kappa shape index (κ1) is 16.3. The predicted molar refractivity (Wildman–Crippen MR) is 83.5 cm³/mol. The van der Waals surface area contributed by atoms with E-state index in [1.165, 1.54) is 16.8 Å². The van der Waals surface area contributed by atoms with Crippen molar-refractivity contribution >= 4 is 5.91 Å². The maximum absolute atomic E-state index is 13.5. The predicted octanol–water partition coefficient (Wildman–Crippen LogP) is 1.76. The van der Waals surface area contributed by atoms with Gasteiger partial charge in [-0.25, -0.2) is 13.5 Å². The van der Waals surface area contributed by atoms with E-state index in [2.05, 4.69) is 10.4 Å². The lowest BCUT2D eigenvalue weighted by Gasteiger charge is -2.08. The van der Waals surface area contributed by atoms with E-state index in [0.717, 1.165) is 30.7 Å². The van der Waals surface area contributed by atoms with E-state index in [-0.39, 0.29) is 30.6 Å². The summed E-state index contributed by atoms with van der Waals surface area (Å²) in [6.45, 7) is 0.458. The van der Waals surface area contributed by atoms with Gasteiger partial charge in [0.15, 0.2) is 0 Å². The minimum atomic E-state index is -0.750. The Kier molecular flexibility index (Phi) is 4.69. The van der Waals surface area contributed by atoms with Crippen LogP contribution < -0.4 is 10.9 Å². The Hall–Kier alpha value is -2.57. The fourth-order valence-corrected chi connectivity index (χ4v) is 2.42. The molecular weight excluding hydrogens is 316 g/mol. The summed E-state index contributed by atoms with van der Waals surface area (Å²) in [6.07, 6.45) is 1.99. The molecule has 126 valence electrons. The van der Waals surface area contributed by atoms with Crippen molar-refractivity contribution < 1.29 is 13.6 Å². The molecule has 2 aromatic rings. The second kappa shape index (κ2) is 6.90. The van der Waals surface area contributed by atoms with Crippen LogP contribution in [0.3, 0.4) is 0 Å². The van der Waals surface area contributed by atoms with Crippen LogP contribution in [-0.4, -0.2) is 22.2 Å². The van der Waals surface area contributed by atoms with Gasteiger partial charge in [-0.05, 0) is 30.5 Å². The highest BCUT2D eigenvalue weighted by molar-refractivity contribution is 5.78. The van der Waals surface area contributed by atoms with Crippen LogP contribution in [0, 0.1) is 11.6 Å². The molecule has 0 unspecified atom stereocenters. The second-order valence-corrected chi connectivity index (χ2v) is 5.86. The van der Waals surface area contributed by atoms with Gasteiger partial charge in [0.25, 0.3) is 5.56 Å². The molecule has 1 aliphatic rings. The van der Waals surface area contributed by atoms with E-state index in [9.17, 15) is 18.4 Å². The van der Waals surface area contributed by atoms with E-state index < -0.39 is 17.5 Å². The van der Waals surface area contributed by atoms with Gasteiger partial charge in [-0.3, -0.25) is 9.59 Å². The number of carbonyl (C=O) groups excluding carboxylic acids is 1. The Morgan fingerprint density at radius 1 is 1.25 bits per heavy atom. The van der Waals surface area contributed by atoms with Crippen molar-refractivity contribution in [3.63, 3.8) is 0 Å². The van der Waals surface area contributed by atoms with E-state index in [0.29, 0.717) is 5.92 Å². The quantitative estimate of drug-likeness (QED) is 0.876. The lowest BCUT2D eigenvalue weighted by Crippen LogP contribution is -2.33. The molecular formula is C17H17F2N3O2. The highest BCUT2D eigenvalue weighted by Crippen LogP contribution is 2.38. The first-order chi connectivity index (χ1) is 11.5. The molecule has 0 aliphatic heterocycles. The van der Waals surface area contributed by atoms with E-state index in [1.54, 1.807) is 6.07 Å². The van der Waals surface area contributed by atoms with Crippen LogP contribution in [-0.2, 0) is 17.8 Å². The molecule has 0 spiro atoms. The fourth-order valence-electron chi connectivity index (χ4n) is 2.42. The Balaban J connectivity index is 1.53. The Morgan fingerprint density at radius 2 is 2.04 bits per heavy atom. The first-order valence-electron chi connectivity index (χ1n) is 7.81. The normalized spacial score (nSPS) is 13.8. The van der Waals surface area contributed by atoms with Crippen molar-refractivity contribution in [2.45, 2.75) is 31.7 Å². The molecule has 1 saturated carbocycles. The summed E-state index contributed by atoms with van der Waals surface area (Å²) >= 11 is 0. The van der Waals surface area contributed by atoms with Crippen molar-refractivity contribution in [3.8, 4) is 0 Å². The number of halogens is 2. The summed E-state index contributed by atoms with van der Waals surface area (Å²) < 4.78 is 27.7. The summed E-state index contributed by atoms with van der Waals surface area (Å²) in [4.78, 5) is 23.6. The molecule has 1 aliphatic carbocycles.